The van der Waals surface area contributed by atoms with Crippen LogP contribution < -0.4 is 0 Å². The van der Waals surface area contributed by atoms with Crippen LogP contribution in [0, 0.1) is 0 Å². The molecule has 2 aromatic carbocycles. The van der Waals surface area contributed by atoms with E-state index in [1.165, 1.54) is 16.7 Å². The SMILES string of the molecule is O=C(O)C(Cc1ccccc1)N1C(=O)CSC1c1ccccc1. The molecular formula is C18H17NO3S. The van der Waals surface area contributed by atoms with Gasteiger partial charge in [0.1, 0.15) is 11.4 Å². The number of carbonyl (C=O) groups excluding carboxylic acids is 1. The summed E-state index contributed by atoms with van der Waals surface area (Å²) in [5.74, 6) is -0.768. The first-order valence-electron chi connectivity index (χ1n) is 7.41. The van der Waals surface area contributed by atoms with Gasteiger partial charge in [0.25, 0.3) is 0 Å². The molecule has 5 heteroatoms. The standard InChI is InChI=1S/C18H17NO3S/c20-16-12-23-17(14-9-5-2-6-10-14)19(16)15(18(21)22)11-13-7-3-1-4-8-13/h1-10,15,17H,11-12H2,(H,21,22). The number of benzene rings is 2. The third kappa shape index (κ3) is 3.40. The van der Waals surface area contributed by atoms with E-state index in [0.717, 1.165) is 11.1 Å². The molecule has 2 unspecified atom stereocenters. The topological polar surface area (TPSA) is 57.6 Å². The van der Waals surface area contributed by atoms with E-state index in [4.69, 9.17) is 0 Å². The highest BCUT2D eigenvalue weighted by Gasteiger charge is 2.40. The summed E-state index contributed by atoms with van der Waals surface area (Å²) in [5, 5.41) is 9.43. The zero-order chi connectivity index (χ0) is 16.2. The number of nitrogens with zero attached hydrogens (tertiary/aromatic N) is 1. The van der Waals surface area contributed by atoms with E-state index in [2.05, 4.69) is 0 Å². The van der Waals surface area contributed by atoms with Gasteiger partial charge in [-0.05, 0) is 11.1 Å². The van der Waals surface area contributed by atoms with Gasteiger partial charge in [0.05, 0.1) is 5.75 Å². The minimum absolute atomic E-state index is 0.118. The Morgan fingerprint density at radius 1 is 1.13 bits per heavy atom. The van der Waals surface area contributed by atoms with E-state index in [-0.39, 0.29) is 11.3 Å². The Bertz CT molecular complexity index is 690. The van der Waals surface area contributed by atoms with Crippen molar-refractivity contribution in [1.82, 2.24) is 4.90 Å². The maximum atomic E-state index is 12.3. The summed E-state index contributed by atoms with van der Waals surface area (Å²) in [6.07, 6.45) is 0.311. The number of carboxylic acid groups (broad SMARTS) is 1. The van der Waals surface area contributed by atoms with E-state index >= 15 is 0 Å². The average Bonchev–Trinajstić information content (AvgIpc) is 2.95. The molecule has 23 heavy (non-hydrogen) atoms. The van der Waals surface area contributed by atoms with Crippen molar-refractivity contribution in [2.75, 3.05) is 5.75 Å². The van der Waals surface area contributed by atoms with Gasteiger partial charge < -0.3 is 10.0 Å². The third-order valence-corrected chi connectivity index (χ3v) is 5.11. The summed E-state index contributed by atoms with van der Waals surface area (Å²) < 4.78 is 0. The summed E-state index contributed by atoms with van der Waals surface area (Å²) in [7, 11) is 0. The summed E-state index contributed by atoms with van der Waals surface area (Å²) in [6.45, 7) is 0. The lowest BCUT2D eigenvalue weighted by Crippen LogP contribution is -2.44. The summed E-state index contributed by atoms with van der Waals surface area (Å²) in [5.41, 5.74) is 1.87. The summed E-state index contributed by atoms with van der Waals surface area (Å²) in [6, 6.07) is 18.2. The quantitative estimate of drug-likeness (QED) is 0.917. The Labute approximate surface area is 139 Å². The van der Waals surface area contributed by atoms with Gasteiger partial charge in [-0.3, -0.25) is 4.79 Å². The van der Waals surface area contributed by atoms with Crippen LogP contribution in [0.5, 0.6) is 0 Å². The van der Waals surface area contributed by atoms with Crippen molar-refractivity contribution in [2.45, 2.75) is 17.8 Å². The van der Waals surface area contributed by atoms with Crippen molar-refractivity contribution in [3.63, 3.8) is 0 Å². The number of rotatable bonds is 5. The smallest absolute Gasteiger partial charge is 0.326 e. The first kappa shape index (κ1) is 15.6. The molecule has 0 radical (unpaired) electrons. The van der Waals surface area contributed by atoms with E-state index in [0.29, 0.717) is 12.2 Å². The lowest BCUT2D eigenvalue weighted by molar-refractivity contribution is -0.149. The van der Waals surface area contributed by atoms with Gasteiger partial charge in [-0.15, -0.1) is 11.8 Å². The molecule has 0 saturated carbocycles. The Hall–Kier alpha value is -2.27. The van der Waals surface area contributed by atoms with Crippen LogP contribution in [0.3, 0.4) is 0 Å². The molecule has 1 aliphatic rings. The van der Waals surface area contributed by atoms with Crippen LogP contribution in [0.25, 0.3) is 0 Å². The molecule has 4 nitrogen and oxygen atoms in total. The second kappa shape index (κ2) is 6.87. The highest BCUT2D eigenvalue weighted by molar-refractivity contribution is 8.00. The molecule has 1 aliphatic heterocycles. The Morgan fingerprint density at radius 3 is 2.35 bits per heavy atom. The molecule has 0 bridgehead atoms. The predicted octanol–water partition coefficient (Wildman–Crippen LogP) is 2.96. The average molecular weight is 327 g/mol. The third-order valence-electron chi connectivity index (χ3n) is 3.88. The van der Waals surface area contributed by atoms with Crippen molar-refractivity contribution >= 4 is 23.6 Å². The van der Waals surface area contributed by atoms with Crippen molar-refractivity contribution in [3.05, 3.63) is 71.8 Å². The number of aliphatic carboxylic acids is 1. The fraction of sp³-hybridized carbons (Fsp3) is 0.222. The maximum absolute atomic E-state index is 12.3. The van der Waals surface area contributed by atoms with E-state index in [9.17, 15) is 14.7 Å². The van der Waals surface area contributed by atoms with Crippen LogP contribution >= 0.6 is 11.8 Å². The van der Waals surface area contributed by atoms with Gasteiger partial charge in [0, 0.05) is 6.42 Å². The Kier molecular flexibility index (Phi) is 4.67. The predicted molar refractivity (Wildman–Crippen MR) is 90.1 cm³/mol. The lowest BCUT2D eigenvalue weighted by Gasteiger charge is -2.30. The lowest BCUT2D eigenvalue weighted by atomic mass is 10.0. The monoisotopic (exact) mass is 327 g/mol. The van der Waals surface area contributed by atoms with Crippen molar-refractivity contribution in [2.24, 2.45) is 0 Å². The number of carbonyl (C=O) groups is 2. The first-order valence-corrected chi connectivity index (χ1v) is 8.46. The zero-order valence-corrected chi connectivity index (χ0v) is 13.3. The molecule has 118 valence electrons. The van der Waals surface area contributed by atoms with Crippen LogP contribution in [0.4, 0.5) is 0 Å². The van der Waals surface area contributed by atoms with Crippen molar-refractivity contribution < 1.29 is 14.7 Å². The highest BCUT2D eigenvalue weighted by atomic mass is 32.2. The number of hydrogen-bond acceptors (Lipinski definition) is 3. The van der Waals surface area contributed by atoms with Gasteiger partial charge in [-0.1, -0.05) is 60.7 Å². The second-order valence-corrected chi connectivity index (χ2v) is 6.49. The van der Waals surface area contributed by atoms with Gasteiger partial charge in [0.2, 0.25) is 5.91 Å². The largest absolute Gasteiger partial charge is 0.480 e. The minimum atomic E-state index is -0.967. The summed E-state index contributed by atoms with van der Waals surface area (Å²) >= 11 is 1.48. The van der Waals surface area contributed by atoms with Gasteiger partial charge in [0.15, 0.2) is 0 Å². The molecule has 1 saturated heterocycles. The molecule has 2 atom stereocenters. The van der Waals surface area contributed by atoms with Gasteiger partial charge in [-0.2, -0.15) is 0 Å². The van der Waals surface area contributed by atoms with Crippen LogP contribution in [0.2, 0.25) is 0 Å². The van der Waals surface area contributed by atoms with E-state index in [1.54, 1.807) is 0 Å². The fourth-order valence-electron chi connectivity index (χ4n) is 2.79. The molecule has 1 amide bonds. The van der Waals surface area contributed by atoms with Crippen LogP contribution in [0.15, 0.2) is 60.7 Å². The fourth-order valence-corrected chi connectivity index (χ4v) is 4.01. The molecule has 0 aliphatic carbocycles. The minimum Gasteiger partial charge on any atom is -0.480 e. The Morgan fingerprint density at radius 2 is 1.74 bits per heavy atom. The number of hydrogen-bond donors (Lipinski definition) is 1. The number of carboxylic acids is 1. The van der Waals surface area contributed by atoms with Crippen molar-refractivity contribution in [3.8, 4) is 0 Å². The van der Waals surface area contributed by atoms with Crippen molar-refractivity contribution in [1.29, 1.82) is 0 Å². The van der Waals surface area contributed by atoms with E-state index < -0.39 is 12.0 Å². The maximum Gasteiger partial charge on any atom is 0.326 e. The molecule has 1 heterocycles. The number of thioether (sulfide) groups is 1. The highest BCUT2D eigenvalue weighted by Crippen LogP contribution is 2.40. The van der Waals surface area contributed by atoms with Crippen LogP contribution in [-0.4, -0.2) is 33.7 Å². The second-order valence-electron chi connectivity index (χ2n) is 5.42. The van der Waals surface area contributed by atoms with Crippen LogP contribution in [-0.2, 0) is 16.0 Å². The van der Waals surface area contributed by atoms with Gasteiger partial charge in [-0.25, -0.2) is 4.79 Å². The number of amides is 1. The first-order chi connectivity index (χ1) is 11.2. The van der Waals surface area contributed by atoms with Gasteiger partial charge >= 0.3 is 5.97 Å². The molecular weight excluding hydrogens is 310 g/mol. The molecule has 0 spiro atoms. The normalized spacial score (nSPS) is 18.9. The molecule has 2 aromatic rings. The molecule has 1 N–H and O–H groups in total. The summed E-state index contributed by atoms with van der Waals surface area (Å²) in [4.78, 5) is 25.7. The Balaban J connectivity index is 1.90. The molecule has 3 rings (SSSR count). The molecule has 1 fully saturated rings. The molecule has 0 aromatic heterocycles. The van der Waals surface area contributed by atoms with E-state index in [1.807, 2.05) is 60.7 Å². The van der Waals surface area contributed by atoms with Crippen LogP contribution in [0.1, 0.15) is 16.5 Å². The zero-order valence-electron chi connectivity index (χ0n) is 12.5.